The Bertz CT molecular complexity index is 652. The lowest BCUT2D eigenvalue weighted by Gasteiger charge is -2.23. The molecule has 6 heteroatoms. The molecule has 1 aromatic carbocycles. The minimum absolute atomic E-state index is 0.0732. The number of rotatable bonds is 6. The van der Waals surface area contributed by atoms with E-state index in [9.17, 15) is 4.79 Å². The Balaban J connectivity index is 1.85. The van der Waals surface area contributed by atoms with E-state index in [1.807, 2.05) is 18.5 Å². The van der Waals surface area contributed by atoms with Gasteiger partial charge in [0.2, 0.25) is 0 Å². The van der Waals surface area contributed by atoms with Gasteiger partial charge in [0.15, 0.2) is 0 Å². The highest BCUT2D eigenvalue weighted by Gasteiger charge is 2.26. The molecule has 0 bridgehead atoms. The van der Waals surface area contributed by atoms with Crippen LogP contribution in [0.15, 0.2) is 36.8 Å². The van der Waals surface area contributed by atoms with Crippen LogP contribution in [0.5, 0.6) is 0 Å². The quantitative estimate of drug-likeness (QED) is 0.891. The largest absolute Gasteiger partial charge is 0.480 e. The maximum atomic E-state index is 11.1. The van der Waals surface area contributed by atoms with Crippen molar-refractivity contribution in [2.24, 2.45) is 0 Å². The first-order chi connectivity index (χ1) is 10.1. The molecule has 0 atom stereocenters. The Kier molecular flexibility index (Phi) is 3.84. The Morgan fingerprint density at radius 2 is 2.29 bits per heavy atom. The van der Waals surface area contributed by atoms with E-state index in [4.69, 9.17) is 16.7 Å². The second-order valence-electron chi connectivity index (χ2n) is 5.25. The van der Waals surface area contributed by atoms with Gasteiger partial charge in [-0.3, -0.25) is 4.79 Å². The highest BCUT2D eigenvalue weighted by atomic mass is 35.5. The van der Waals surface area contributed by atoms with Crippen molar-refractivity contribution in [1.29, 1.82) is 0 Å². The Morgan fingerprint density at radius 1 is 1.48 bits per heavy atom. The summed E-state index contributed by atoms with van der Waals surface area (Å²) in [6.45, 7) is 0.430. The third-order valence-electron chi connectivity index (χ3n) is 3.54. The molecule has 1 heterocycles. The minimum atomic E-state index is -0.868. The number of nitrogens with zero attached hydrogens (tertiary/aromatic N) is 3. The van der Waals surface area contributed by atoms with Crippen molar-refractivity contribution in [2.75, 3.05) is 11.4 Å². The van der Waals surface area contributed by atoms with Gasteiger partial charge in [0, 0.05) is 22.9 Å². The van der Waals surface area contributed by atoms with Crippen molar-refractivity contribution in [1.82, 2.24) is 9.55 Å². The van der Waals surface area contributed by atoms with Crippen molar-refractivity contribution in [3.05, 3.63) is 47.5 Å². The number of carbonyl (C=O) groups is 1. The van der Waals surface area contributed by atoms with Crippen LogP contribution in [-0.2, 0) is 11.3 Å². The fourth-order valence-electron chi connectivity index (χ4n) is 2.41. The Hall–Kier alpha value is -2.01. The molecule has 110 valence electrons. The van der Waals surface area contributed by atoms with Crippen LogP contribution >= 0.6 is 11.6 Å². The molecule has 21 heavy (non-hydrogen) atoms. The van der Waals surface area contributed by atoms with Crippen LogP contribution in [0.2, 0.25) is 5.02 Å². The van der Waals surface area contributed by atoms with Gasteiger partial charge in [-0.05, 0) is 31.0 Å². The van der Waals surface area contributed by atoms with E-state index in [1.54, 1.807) is 23.2 Å². The van der Waals surface area contributed by atoms with Crippen LogP contribution in [-0.4, -0.2) is 27.2 Å². The third kappa shape index (κ3) is 3.36. The lowest BCUT2D eigenvalue weighted by molar-refractivity contribution is -0.135. The number of aromatic nitrogens is 2. The number of carboxylic acids is 1. The van der Waals surface area contributed by atoms with Gasteiger partial charge in [0.05, 0.1) is 18.6 Å². The molecule has 1 fully saturated rings. The predicted octanol–water partition coefficient (Wildman–Crippen LogP) is 2.96. The number of imidazole rings is 1. The first-order valence-electron chi connectivity index (χ1n) is 6.86. The molecule has 0 amide bonds. The Labute approximate surface area is 127 Å². The molecule has 0 saturated heterocycles. The number of carboxylic acid groups (broad SMARTS) is 1. The molecule has 0 aliphatic heterocycles. The molecule has 0 unspecified atom stereocenters. The van der Waals surface area contributed by atoms with Crippen molar-refractivity contribution in [3.8, 4) is 0 Å². The summed E-state index contributed by atoms with van der Waals surface area (Å²) in [5.41, 5.74) is 1.83. The molecule has 1 saturated carbocycles. The maximum Gasteiger partial charge on any atom is 0.323 e. The van der Waals surface area contributed by atoms with Crippen LogP contribution in [0.1, 0.15) is 24.6 Å². The van der Waals surface area contributed by atoms with Crippen molar-refractivity contribution < 1.29 is 9.90 Å². The average Bonchev–Trinajstić information content (AvgIpc) is 3.18. The van der Waals surface area contributed by atoms with E-state index in [1.165, 1.54) is 12.8 Å². The zero-order valence-electron chi connectivity index (χ0n) is 11.4. The van der Waals surface area contributed by atoms with E-state index in [0.717, 1.165) is 11.4 Å². The lowest BCUT2D eigenvalue weighted by atomic mass is 10.2. The smallest absolute Gasteiger partial charge is 0.323 e. The summed E-state index contributed by atoms with van der Waals surface area (Å²) >= 11 is 6.01. The summed E-state index contributed by atoms with van der Waals surface area (Å²) in [4.78, 5) is 17.1. The van der Waals surface area contributed by atoms with E-state index in [-0.39, 0.29) is 6.54 Å². The number of aliphatic carboxylic acids is 1. The van der Waals surface area contributed by atoms with E-state index >= 15 is 0 Å². The van der Waals surface area contributed by atoms with Crippen molar-refractivity contribution in [2.45, 2.75) is 25.4 Å². The molecule has 1 aliphatic carbocycles. The number of hydrogen-bond donors (Lipinski definition) is 1. The highest BCUT2D eigenvalue weighted by Crippen LogP contribution is 2.36. The zero-order valence-corrected chi connectivity index (χ0v) is 12.2. The molecule has 3 rings (SSSR count). The zero-order chi connectivity index (χ0) is 14.8. The molecule has 1 aromatic heterocycles. The number of anilines is 1. The summed E-state index contributed by atoms with van der Waals surface area (Å²) < 4.78 is 2.14. The monoisotopic (exact) mass is 305 g/mol. The minimum Gasteiger partial charge on any atom is -0.480 e. The lowest BCUT2D eigenvalue weighted by Crippen LogP contribution is -2.30. The van der Waals surface area contributed by atoms with E-state index in [2.05, 4.69) is 9.55 Å². The summed E-state index contributed by atoms with van der Waals surface area (Å²) in [7, 11) is 0. The van der Waals surface area contributed by atoms with Crippen LogP contribution < -0.4 is 4.90 Å². The summed E-state index contributed by atoms with van der Waals surface area (Å²) in [5.74, 6) is -0.868. The molecule has 0 radical (unpaired) electrons. The number of halogens is 1. The maximum absolute atomic E-state index is 11.1. The molecule has 2 aromatic rings. The molecule has 1 N–H and O–H groups in total. The van der Waals surface area contributed by atoms with Crippen LogP contribution in [0.3, 0.4) is 0 Å². The first-order valence-corrected chi connectivity index (χ1v) is 7.24. The Morgan fingerprint density at radius 3 is 2.95 bits per heavy atom. The first kappa shape index (κ1) is 13.9. The van der Waals surface area contributed by atoms with Gasteiger partial charge in [0.25, 0.3) is 0 Å². The van der Waals surface area contributed by atoms with Gasteiger partial charge in [-0.25, -0.2) is 4.98 Å². The molecule has 0 spiro atoms. The van der Waals surface area contributed by atoms with Gasteiger partial charge >= 0.3 is 5.97 Å². The molecular formula is C15H16ClN3O2. The summed E-state index contributed by atoms with van der Waals surface area (Å²) in [6.07, 6.45) is 5.96. The van der Waals surface area contributed by atoms with Crippen molar-refractivity contribution >= 4 is 23.3 Å². The number of benzene rings is 1. The fraction of sp³-hybridized carbons (Fsp3) is 0.333. The average molecular weight is 306 g/mol. The van der Waals surface area contributed by atoms with Crippen LogP contribution in [0.25, 0.3) is 0 Å². The number of hydrogen-bond acceptors (Lipinski definition) is 3. The SMILES string of the molecule is O=C(O)CN(Cc1cncn1C1CC1)c1cccc(Cl)c1. The normalized spacial score (nSPS) is 14.1. The van der Waals surface area contributed by atoms with Crippen molar-refractivity contribution in [3.63, 3.8) is 0 Å². The van der Waals surface area contributed by atoms with Crippen LogP contribution in [0.4, 0.5) is 5.69 Å². The van der Waals surface area contributed by atoms with E-state index < -0.39 is 5.97 Å². The summed E-state index contributed by atoms with van der Waals surface area (Å²) in [5, 5.41) is 9.73. The van der Waals surface area contributed by atoms with Gasteiger partial charge < -0.3 is 14.6 Å². The van der Waals surface area contributed by atoms with Gasteiger partial charge in [-0.1, -0.05) is 17.7 Å². The van der Waals surface area contributed by atoms with E-state index in [0.29, 0.717) is 17.6 Å². The summed E-state index contributed by atoms with van der Waals surface area (Å²) in [6, 6.07) is 7.77. The molecule has 5 nitrogen and oxygen atoms in total. The van der Waals surface area contributed by atoms with Crippen LogP contribution in [0, 0.1) is 0 Å². The highest BCUT2D eigenvalue weighted by molar-refractivity contribution is 6.30. The molecular weight excluding hydrogens is 290 g/mol. The topological polar surface area (TPSA) is 58.4 Å². The third-order valence-corrected chi connectivity index (χ3v) is 3.77. The van der Waals surface area contributed by atoms with Gasteiger partial charge in [-0.2, -0.15) is 0 Å². The molecule has 1 aliphatic rings. The van der Waals surface area contributed by atoms with Gasteiger partial charge in [0.1, 0.15) is 6.54 Å². The van der Waals surface area contributed by atoms with Gasteiger partial charge in [-0.15, -0.1) is 0 Å². The predicted molar refractivity (Wildman–Crippen MR) is 80.6 cm³/mol. The fourth-order valence-corrected chi connectivity index (χ4v) is 2.59. The standard InChI is InChI=1S/C15H16ClN3O2/c16-11-2-1-3-13(6-11)18(9-15(20)21)8-14-7-17-10-19(14)12-4-5-12/h1-3,6-7,10,12H,4-5,8-9H2,(H,20,21). The second kappa shape index (κ2) is 5.77. The second-order valence-corrected chi connectivity index (χ2v) is 5.69.